The molecule has 0 saturated carbocycles. The fraction of sp³-hybridized carbons (Fsp3) is 0.533. The van der Waals surface area contributed by atoms with Gasteiger partial charge >= 0.3 is 0 Å². The van der Waals surface area contributed by atoms with Crippen molar-refractivity contribution in [2.24, 2.45) is 5.92 Å². The Hall–Kier alpha value is -1.55. The van der Waals surface area contributed by atoms with Crippen molar-refractivity contribution < 1.29 is 9.53 Å². The maximum atomic E-state index is 12.4. The van der Waals surface area contributed by atoms with Crippen LogP contribution in [-0.2, 0) is 9.53 Å². The number of benzene rings is 1. The van der Waals surface area contributed by atoms with E-state index in [0.29, 0.717) is 25.3 Å². The number of rotatable bonds is 7. The number of hydrogen-bond acceptors (Lipinski definition) is 3. The maximum Gasteiger partial charge on any atom is 0.227 e. The number of hydrogen-bond donors (Lipinski definition) is 1. The first-order chi connectivity index (χ1) is 9.08. The van der Waals surface area contributed by atoms with E-state index in [9.17, 15) is 4.79 Å². The lowest BCUT2D eigenvalue weighted by Gasteiger charge is -2.24. The van der Waals surface area contributed by atoms with Crippen molar-refractivity contribution in [1.29, 1.82) is 0 Å². The van der Waals surface area contributed by atoms with Gasteiger partial charge in [-0.15, -0.1) is 0 Å². The Labute approximate surface area is 115 Å². The highest BCUT2D eigenvalue weighted by atomic mass is 16.5. The number of nitrogens with zero attached hydrogens (tertiary/aromatic N) is 1. The number of carbonyl (C=O) groups excluding carboxylic acids is 1. The quantitative estimate of drug-likeness (QED) is 0.770. The number of anilines is 2. The van der Waals surface area contributed by atoms with Crippen molar-refractivity contribution in [2.45, 2.75) is 26.7 Å². The molecule has 1 amide bonds. The van der Waals surface area contributed by atoms with Gasteiger partial charge in [-0.1, -0.05) is 19.9 Å². The van der Waals surface area contributed by atoms with E-state index in [0.717, 1.165) is 12.1 Å². The molecule has 106 valence electrons. The lowest BCUT2D eigenvalue weighted by Crippen LogP contribution is -2.33. The summed E-state index contributed by atoms with van der Waals surface area (Å²) in [5.41, 5.74) is 7.33. The fourth-order valence-corrected chi connectivity index (χ4v) is 2.07. The highest BCUT2D eigenvalue weighted by Gasteiger charge is 2.17. The summed E-state index contributed by atoms with van der Waals surface area (Å²) < 4.78 is 5.08. The predicted octanol–water partition coefficient (Wildman–Crippen LogP) is 2.68. The van der Waals surface area contributed by atoms with Crippen LogP contribution < -0.4 is 10.6 Å². The summed E-state index contributed by atoms with van der Waals surface area (Å²) in [6, 6.07) is 7.46. The molecule has 1 atom stereocenters. The molecule has 4 heteroatoms. The molecule has 1 aromatic carbocycles. The highest BCUT2D eigenvalue weighted by molar-refractivity contribution is 5.93. The number of amides is 1. The van der Waals surface area contributed by atoms with Crippen LogP contribution in [-0.4, -0.2) is 26.2 Å². The van der Waals surface area contributed by atoms with Gasteiger partial charge in [-0.05, 0) is 30.5 Å². The van der Waals surface area contributed by atoms with Crippen LogP contribution in [0.4, 0.5) is 11.4 Å². The minimum Gasteiger partial charge on any atom is -0.399 e. The van der Waals surface area contributed by atoms with Gasteiger partial charge in [0.25, 0.3) is 0 Å². The van der Waals surface area contributed by atoms with Crippen LogP contribution in [0.25, 0.3) is 0 Å². The van der Waals surface area contributed by atoms with Crippen molar-refractivity contribution in [1.82, 2.24) is 0 Å². The average Bonchev–Trinajstić information content (AvgIpc) is 2.35. The summed E-state index contributed by atoms with van der Waals surface area (Å²) >= 11 is 0. The molecule has 1 unspecified atom stereocenters. The zero-order valence-corrected chi connectivity index (χ0v) is 12.1. The Morgan fingerprint density at radius 3 is 2.79 bits per heavy atom. The number of nitrogen functional groups attached to an aromatic ring is 1. The van der Waals surface area contributed by atoms with Gasteiger partial charge in [0.15, 0.2) is 0 Å². The summed E-state index contributed by atoms with van der Waals surface area (Å²) in [7, 11) is 1.66. The second-order valence-corrected chi connectivity index (χ2v) is 4.91. The van der Waals surface area contributed by atoms with E-state index < -0.39 is 0 Å². The van der Waals surface area contributed by atoms with Crippen molar-refractivity contribution in [3.8, 4) is 0 Å². The van der Waals surface area contributed by atoms with Gasteiger partial charge in [0, 0.05) is 38.1 Å². The van der Waals surface area contributed by atoms with Gasteiger partial charge in [-0.25, -0.2) is 0 Å². The molecule has 0 saturated heterocycles. The second kappa shape index (κ2) is 7.79. The third-order valence-corrected chi connectivity index (χ3v) is 2.90. The van der Waals surface area contributed by atoms with E-state index in [2.05, 4.69) is 6.92 Å². The van der Waals surface area contributed by atoms with Crippen molar-refractivity contribution in [2.75, 3.05) is 30.9 Å². The van der Waals surface area contributed by atoms with Gasteiger partial charge < -0.3 is 15.4 Å². The largest absolute Gasteiger partial charge is 0.399 e. The Balaban J connectivity index is 2.79. The number of ether oxygens (including phenoxy) is 1. The normalized spacial score (nSPS) is 12.2. The molecule has 0 spiro atoms. The Bertz CT molecular complexity index is 407. The fourth-order valence-electron chi connectivity index (χ4n) is 2.07. The maximum absolute atomic E-state index is 12.4. The molecular formula is C15H24N2O2. The van der Waals surface area contributed by atoms with Gasteiger partial charge in [0.1, 0.15) is 0 Å². The Morgan fingerprint density at radius 2 is 2.21 bits per heavy atom. The smallest absolute Gasteiger partial charge is 0.227 e. The van der Waals surface area contributed by atoms with E-state index in [4.69, 9.17) is 10.5 Å². The lowest BCUT2D eigenvalue weighted by molar-refractivity contribution is -0.119. The molecule has 4 nitrogen and oxygen atoms in total. The van der Waals surface area contributed by atoms with Crippen LogP contribution in [0.1, 0.15) is 26.7 Å². The van der Waals surface area contributed by atoms with E-state index in [-0.39, 0.29) is 11.8 Å². The zero-order valence-electron chi connectivity index (χ0n) is 12.1. The Kier molecular flexibility index (Phi) is 6.36. The zero-order chi connectivity index (χ0) is 14.3. The SMILES string of the molecule is CCCN(C(=O)CC(C)COC)c1cccc(N)c1. The van der Waals surface area contributed by atoms with E-state index in [1.165, 1.54) is 0 Å². The standard InChI is InChI=1S/C15H24N2O2/c1-4-8-17(14-7-5-6-13(16)10-14)15(18)9-12(2)11-19-3/h5-7,10,12H,4,8-9,11,16H2,1-3H3. The van der Waals surface area contributed by atoms with Gasteiger partial charge in [0.05, 0.1) is 0 Å². The van der Waals surface area contributed by atoms with Crippen LogP contribution >= 0.6 is 0 Å². The molecular weight excluding hydrogens is 240 g/mol. The van der Waals surface area contributed by atoms with E-state index >= 15 is 0 Å². The summed E-state index contributed by atoms with van der Waals surface area (Å²) in [6.45, 7) is 5.39. The van der Waals surface area contributed by atoms with Crippen molar-refractivity contribution >= 4 is 17.3 Å². The number of carbonyl (C=O) groups is 1. The van der Waals surface area contributed by atoms with Gasteiger partial charge in [0.2, 0.25) is 5.91 Å². The third kappa shape index (κ3) is 4.91. The van der Waals surface area contributed by atoms with Crippen LogP contribution in [0.15, 0.2) is 24.3 Å². The van der Waals surface area contributed by atoms with Gasteiger partial charge in [-0.3, -0.25) is 4.79 Å². The predicted molar refractivity (Wildman–Crippen MR) is 79.2 cm³/mol. The molecule has 0 radical (unpaired) electrons. The molecule has 1 rings (SSSR count). The number of methoxy groups -OCH3 is 1. The van der Waals surface area contributed by atoms with E-state index in [1.54, 1.807) is 7.11 Å². The topological polar surface area (TPSA) is 55.6 Å². The Morgan fingerprint density at radius 1 is 1.47 bits per heavy atom. The minimum atomic E-state index is 0.122. The van der Waals surface area contributed by atoms with Crippen molar-refractivity contribution in [3.05, 3.63) is 24.3 Å². The lowest BCUT2D eigenvalue weighted by atomic mass is 10.1. The molecule has 0 aliphatic heterocycles. The van der Waals surface area contributed by atoms with E-state index in [1.807, 2.05) is 36.1 Å². The molecule has 0 fully saturated rings. The molecule has 0 heterocycles. The van der Waals surface area contributed by atoms with Crippen LogP contribution in [0, 0.1) is 5.92 Å². The molecule has 0 aliphatic carbocycles. The number of nitrogens with two attached hydrogens (primary N) is 1. The van der Waals surface area contributed by atoms with Crippen LogP contribution in [0.3, 0.4) is 0 Å². The molecule has 2 N–H and O–H groups in total. The minimum absolute atomic E-state index is 0.122. The first-order valence-corrected chi connectivity index (χ1v) is 6.73. The van der Waals surface area contributed by atoms with Crippen LogP contribution in [0.2, 0.25) is 0 Å². The van der Waals surface area contributed by atoms with Crippen LogP contribution in [0.5, 0.6) is 0 Å². The molecule has 0 aliphatic rings. The first-order valence-electron chi connectivity index (χ1n) is 6.73. The summed E-state index contributed by atoms with van der Waals surface area (Å²) in [5, 5.41) is 0. The first kappa shape index (κ1) is 15.5. The highest BCUT2D eigenvalue weighted by Crippen LogP contribution is 2.20. The molecule has 0 bridgehead atoms. The summed E-state index contributed by atoms with van der Waals surface area (Å²) in [5.74, 6) is 0.343. The molecule has 1 aromatic rings. The second-order valence-electron chi connectivity index (χ2n) is 4.91. The van der Waals surface area contributed by atoms with Crippen molar-refractivity contribution in [3.63, 3.8) is 0 Å². The summed E-state index contributed by atoms with van der Waals surface area (Å²) in [4.78, 5) is 14.2. The van der Waals surface area contributed by atoms with Gasteiger partial charge in [-0.2, -0.15) is 0 Å². The molecule has 0 aromatic heterocycles. The monoisotopic (exact) mass is 264 g/mol. The average molecular weight is 264 g/mol. The summed E-state index contributed by atoms with van der Waals surface area (Å²) in [6.07, 6.45) is 1.40. The molecule has 19 heavy (non-hydrogen) atoms. The third-order valence-electron chi connectivity index (χ3n) is 2.90.